The number of amides is 2. The summed E-state index contributed by atoms with van der Waals surface area (Å²) in [5, 5.41) is 4.92. The maximum atomic E-state index is 10.3. The number of hydrogen-bond acceptors (Lipinski definition) is 1. The Labute approximate surface area is 48.8 Å². The second-order valence-electron chi connectivity index (χ2n) is 1.25. The van der Waals surface area contributed by atoms with Gasteiger partial charge in [0.05, 0.1) is 0 Å². The predicted octanol–water partition coefficient (Wildman–Crippen LogP) is 0.101. The molecule has 0 atom stereocenters. The molecule has 0 aromatic heterocycles. The molecule has 3 nitrogen and oxygen atoms in total. The van der Waals surface area contributed by atoms with Gasteiger partial charge in [-0.3, -0.25) is 0 Å². The Morgan fingerprint density at radius 1 is 1.88 bits per heavy atom. The van der Waals surface area contributed by atoms with Gasteiger partial charge in [-0.15, -0.1) is 6.58 Å². The first-order chi connectivity index (χ1) is 3.81. The summed E-state index contributed by atoms with van der Waals surface area (Å²) in [4.78, 5) is 10.3. The quantitative estimate of drug-likeness (QED) is 0.491. The summed E-state index contributed by atoms with van der Waals surface area (Å²) in [5.74, 6) is 0. The van der Waals surface area contributed by atoms with Crippen molar-refractivity contribution < 1.29 is 4.79 Å². The van der Waals surface area contributed by atoms with Crippen LogP contribution in [0.15, 0.2) is 12.7 Å². The molecular weight excluding hydrogens is 104 g/mol. The molecule has 0 spiro atoms. The van der Waals surface area contributed by atoms with Crippen molar-refractivity contribution in [1.29, 1.82) is 0 Å². The number of nitrogens with one attached hydrogen (secondary N) is 2. The molecule has 0 saturated heterocycles. The van der Waals surface area contributed by atoms with Gasteiger partial charge in [-0.1, -0.05) is 6.08 Å². The van der Waals surface area contributed by atoms with E-state index >= 15 is 0 Å². The van der Waals surface area contributed by atoms with E-state index in [1.165, 1.54) is 0 Å². The highest BCUT2D eigenvalue weighted by Gasteiger charge is 1.87. The van der Waals surface area contributed by atoms with Crippen molar-refractivity contribution in [3.8, 4) is 0 Å². The van der Waals surface area contributed by atoms with Gasteiger partial charge in [0.1, 0.15) is 0 Å². The van der Waals surface area contributed by atoms with Gasteiger partial charge in [0, 0.05) is 13.6 Å². The van der Waals surface area contributed by atoms with Gasteiger partial charge in [0.25, 0.3) is 0 Å². The minimum absolute atomic E-state index is 0.176. The standard InChI is InChI=1S/C5H10N2O/c1-3-4-7-5(8)6-2/h3H,1,4H2,2H3,(H2,6,7,8). The van der Waals surface area contributed by atoms with Crippen LogP contribution in [-0.4, -0.2) is 19.6 Å². The van der Waals surface area contributed by atoms with Crippen molar-refractivity contribution in [3.63, 3.8) is 0 Å². The molecule has 2 amide bonds. The van der Waals surface area contributed by atoms with Crippen molar-refractivity contribution in [2.24, 2.45) is 0 Å². The molecule has 8 heavy (non-hydrogen) atoms. The van der Waals surface area contributed by atoms with Crippen molar-refractivity contribution in [2.75, 3.05) is 13.6 Å². The fourth-order valence-electron chi connectivity index (χ4n) is 0.253. The molecule has 0 rings (SSSR count). The van der Waals surface area contributed by atoms with Crippen molar-refractivity contribution in [2.45, 2.75) is 0 Å². The number of carbonyl (C=O) groups excluding carboxylic acids is 1. The first kappa shape index (κ1) is 7.01. The van der Waals surface area contributed by atoms with Gasteiger partial charge >= 0.3 is 6.03 Å². The lowest BCUT2D eigenvalue weighted by molar-refractivity contribution is 0.244. The molecule has 0 bridgehead atoms. The van der Waals surface area contributed by atoms with Crippen LogP contribution in [0.1, 0.15) is 0 Å². The van der Waals surface area contributed by atoms with E-state index in [0.717, 1.165) is 0 Å². The van der Waals surface area contributed by atoms with Crippen LogP contribution in [0.4, 0.5) is 4.79 Å². The largest absolute Gasteiger partial charge is 0.341 e. The van der Waals surface area contributed by atoms with Crippen molar-refractivity contribution in [1.82, 2.24) is 10.6 Å². The molecular formula is C5H10N2O. The zero-order chi connectivity index (χ0) is 6.41. The van der Waals surface area contributed by atoms with Crippen LogP contribution in [-0.2, 0) is 0 Å². The van der Waals surface area contributed by atoms with Crippen molar-refractivity contribution >= 4 is 6.03 Å². The van der Waals surface area contributed by atoms with Gasteiger partial charge in [0.15, 0.2) is 0 Å². The summed E-state index contributed by atoms with van der Waals surface area (Å²) in [7, 11) is 1.57. The second kappa shape index (κ2) is 4.18. The van der Waals surface area contributed by atoms with Crippen LogP contribution in [0.2, 0.25) is 0 Å². The predicted molar refractivity (Wildman–Crippen MR) is 32.7 cm³/mol. The van der Waals surface area contributed by atoms with Gasteiger partial charge in [-0.2, -0.15) is 0 Å². The molecule has 0 aliphatic heterocycles. The molecule has 0 unspecified atom stereocenters. The number of urea groups is 1. The molecule has 0 saturated carbocycles. The minimum Gasteiger partial charge on any atom is -0.341 e. The molecule has 0 radical (unpaired) electrons. The maximum Gasteiger partial charge on any atom is 0.314 e. The summed E-state index contributed by atoms with van der Waals surface area (Å²) < 4.78 is 0. The van der Waals surface area contributed by atoms with Crippen LogP contribution in [0.25, 0.3) is 0 Å². The third-order valence-corrected chi connectivity index (χ3v) is 0.634. The third kappa shape index (κ3) is 3.21. The summed E-state index contributed by atoms with van der Waals surface area (Å²) in [6.07, 6.45) is 1.62. The molecule has 46 valence electrons. The Kier molecular flexibility index (Phi) is 3.66. The van der Waals surface area contributed by atoms with Crippen molar-refractivity contribution in [3.05, 3.63) is 12.7 Å². The average molecular weight is 114 g/mol. The average Bonchev–Trinajstić information content (AvgIpc) is 1.83. The van der Waals surface area contributed by atoms with E-state index in [9.17, 15) is 4.79 Å². The van der Waals surface area contributed by atoms with Crippen LogP contribution in [0.5, 0.6) is 0 Å². The van der Waals surface area contributed by atoms with E-state index in [2.05, 4.69) is 17.2 Å². The fourth-order valence-corrected chi connectivity index (χ4v) is 0.253. The highest BCUT2D eigenvalue weighted by atomic mass is 16.2. The Balaban J connectivity index is 3.11. The van der Waals surface area contributed by atoms with E-state index < -0.39 is 0 Å². The molecule has 0 aliphatic rings. The van der Waals surface area contributed by atoms with Gasteiger partial charge in [0.2, 0.25) is 0 Å². The van der Waals surface area contributed by atoms with Gasteiger partial charge < -0.3 is 10.6 Å². The smallest absolute Gasteiger partial charge is 0.314 e. The Bertz CT molecular complexity index is 90.4. The second-order valence-corrected chi connectivity index (χ2v) is 1.25. The normalized spacial score (nSPS) is 7.62. The van der Waals surface area contributed by atoms with E-state index in [0.29, 0.717) is 6.54 Å². The molecule has 0 fully saturated rings. The highest BCUT2D eigenvalue weighted by Crippen LogP contribution is 1.60. The fraction of sp³-hybridized carbons (Fsp3) is 0.400. The summed E-state index contributed by atoms with van der Waals surface area (Å²) >= 11 is 0. The molecule has 0 aliphatic carbocycles. The number of carbonyl (C=O) groups is 1. The van der Waals surface area contributed by atoms with E-state index in [4.69, 9.17) is 0 Å². The number of rotatable bonds is 2. The molecule has 0 heterocycles. The summed E-state index contributed by atoms with van der Waals surface area (Å²) in [6.45, 7) is 3.94. The van der Waals surface area contributed by atoms with Crippen LogP contribution >= 0.6 is 0 Å². The molecule has 0 aromatic rings. The lowest BCUT2D eigenvalue weighted by atomic mass is 10.6. The topological polar surface area (TPSA) is 41.1 Å². The first-order valence-electron chi connectivity index (χ1n) is 2.37. The van der Waals surface area contributed by atoms with Crippen LogP contribution < -0.4 is 10.6 Å². The Morgan fingerprint density at radius 3 is 2.88 bits per heavy atom. The molecule has 0 aromatic carbocycles. The van der Waals surface area contributed by atoms with E-state index in [-0.39, 0.29) is 6.03 Å². The third-order valence-electron chi connectivity index (χ3n) is 0.634. The van der Waals surface area contributed by atoms with Crippen LogP contribution in [0, 0.1) is 0 Å². The lowest BCUT2D eigenvalue weighted by Gasteiger charge is -1.97. The zero-order valence-corrected chi connectivity index (χ0v) is 4.90. The molecule has 3 heteroatoms. The van der Waals surface area contributed by atoms with Gasteiger partial charge in [-0.25, -0.2) is 4.79 Å². The minimum atomic E-state index is -0.176. The van der Waals surface area contributed by atoms with E-state index in [1.54, 1.807) is 13.1 Å². The summed E-state index contributed by atoms with van der Waals surface area (Å²) in [5.41, 5.74) is 0. The summed E-state index contributed by atoms with van der Waals surface area (Å²) in [6, 6.07) is -0.176. The van der Waals surface area contributed by atoms with Gasteiger partial charge in [-0.05, 0) is 0 Å². The lowest BCUT2D eigenvalue weighted by Crippen LogP contribution is -2.32. The number of hydrogen-bond donors (Lipinski definition) is 2. The monoisotopic (exact) mass is 114 g/mol. The zero-order valence-electron chi connectivity index (χ0n) is 4.90. The SMILES string of the molecule is C=CCNC(=O)NC. The van der Waals surface area contributed by atoms with E-state index in [1.807, 2.05) is 0 Å². The molecule has 2 N–H and O–H groups in total. The Morgan fingerprint density at radius 2 is 2.50 bits per heavy atom. The first-order valence-corrected chi connectivity index (χ1v) is 2.37. The Hall–Kier alpha value is -0.990. The highest BCUT2D eigenvalue weighted by molar-refractivity contribution is 5.73. The van der Waals surface area contributed by atoms with Crippen LogP contribution in [0.3, 0.4) is 0 Å². The maximum absolute atomic E-state index is 10.3.